The van der Waals surface area contributed by atoms with Crippen LogP contribution in [0.2, 0.25) is 0 Å². The molecule has 0 saturated heterocycles. The molecule has 1 amide bonds. The third-order valence-corrected chi connectivity index (χ3v) is 5.32. The van der Waals surface area contributed by atoms with Gasteiger partial charge < -0.3 is 0 Å². The molecule has 0 bridgehead atoms. The second kappa shape index (κ2) is 7.09. The highest BCUT2D eigenvalue weighted by Gasteiger charge is 2.28. The number of carbonyl (C=O) groups is 1. The number of anilines is 1. The minimum Gasteiger partial charge on any atom is -0.267 e. The average molecular weight is 383 g/mol. The van der Waals surface area contributed by atoms with Gasteiger partial charge in [-0.05, 0) is 54.3 Å². The number of rotatable bonds is 4. The van der Waals surface area contributed by atoms with Crippen LogP contribution in [0.4, 0.5) is 5.69 Å². The number of primary sulfonamides is 1. The third kappa shape index (κ3) is 3.99. The first-order chi connectivity index (χ1) is 12.7. The highest BCUT2D eigenvalue weighted by molar-refractivity contribution is 7.89. The smallest absolute Gasteiger partial charge is 0.267 e. The van der Waals surface area contributed by atoms with Gasteiger partial charge in [0, 0.05) is 0 Å². The topological polar surface area (TPSA) is 92.8 Å². The zero-order valence-electron chi connectivity index (χ0n) is 15.4. The molecule has 0 spiro atoms. The summed E-state index contributed by atoms with van der Waals surface area (Å²) in [4.78, 5) is 12.8. The number of sulfonamides is 1. The Kier molecular flexibility index (Phi) is 4.99. The van der Waals surface area contributed by atoms with Crippen LogP contribution in [0.3, 0.4) is 0 Å². The second-order valence-electron chi connectivity index (χ2n) is 6.72. The zero-order valence-corrected chi connectivity index (χ0v) is 16.2. The van der Waals surface area contributed by atoms with E-state index in [2.05, 4.69) is 18.9 Å². The van der Waals surface area contributed by atoms with E-state index in [0.29, 0.717) is 22.9 Å². The molecule has 6 nitrogen and oxygen atoms in total. The Labute approximate surface area is 159 Å². The number of hydrazone groups is 1. The summed E-state index contributed by atoms with van der Waals surface area (Å²) in [5.74, 6) is 0.183. The van der Waals surface area contributed by atoms with Crippen molar-refractivity contribution in [2.45, 2.75) is 31.6 Å². The highest BCUT2D eigenvalue weighted by atomic mass is 32.2. The fraction of sp³-hybridized carbons (Fsp3) is 0.200. The highest BCUT2D eigenvalue weighted by Crippen LogP contribution is 2.26. The Hall–Kier alpha value is -2.77. The Morgan fingerprint density at radius 2 is 1.63 bits per heavy atom. The maximum absolute atomic E-state index is 12.8. The number of nitrogens with two attached hydrogens (primary N) is 1. The summed E-state index contributed by atoms with van der Waals surface area (Å²) >= 11 is 0. The Bertz CT molecular complexity index is 1030. The molecule has 2 N–H and O–H groups in total. The van der Waals surface area contributed by atoms with Crippen molar-refractivity contribution in [2.24, 2.45) is 10.2 Å². The number of carbonyl (C=O) groups excluding carboxylic acids is 1. The van der Waals surface area contributed by atoms with E-state index >= 15 is 0 Å². The van der Waals surface area contributed by atoms with Crippen molar-refractivity contribution in [3.05, 3.63) is 65.2 Å². The Morgan fingerprint density at radius 1 is 1.04 bits per heavy atom. The van der Waals surface area contributed by atoms with Crippen molar-refractivity contribution in [1.82, 2.24) is 0 Å². The van der Waals surface area contributed by atoms with E-state index in [9.17, 15) is 13.2 Å². The van der Waals surface area contributed by atoms with Crippen LogP contribution in [-0.2, 0) is 14.8 Å². The normalized spacial score (nSPS) is 16.3. The van der Waals surface area contributed by atoms with Crippen molar-refractivity contribution >= 4 is 33.4 Å². The molecule has 2 aromatic carbocycles. The van der Waals surface area contributed by atoms with Crippen molar-refractivity contribution in [1.29, 1.82) is 0 Å². The van der Waals surface area contributed by atoms with Gasteiger partial charge in [0.25, 0.3) is 5.91 Å². The lowest BCUT2D eigenvalue weighted by atomic mass is 10.0. The minimum atomic E-state index is -3.78. The van der Waals surface area contributed by atoms with Crippen LogP contribution >= 0.6 is 0 Å². The summed E-state index contributed by atoms with van der Waals surface area (Å²) in [6.07, 6.45) is 1.81. The molecule has 0 fully saturated rings. The minimum absolute atomic E-state index is 0.0143. The summed E-state index contributed by atoms with van der Waals surface area (Å²) in [6, 6.07) is 13.8. The van der Waals surface area contributed by atoms with Crippen LogP contribution in [0.15, 0.2) is 64.1 Å². The average Bonchev–Trinajstić information content (AvgIpc) is 2.90. The molecule has 2 aromatic rings. The second-order valence-corrected chi connectivity index (χ2v) is 8.28. The van der Waals surface area contributed by atoms with Gasteiger partial charge in [-0.25, -0.2) is 13.6 Å². The van der Waals surface area contributed by atoms with Crippen LogP contribution in [-0.4, -0.2) is 20.0 Å². The van der Waals surface area contributed by atoms with Crippen LogP contribution in [0, 0.1) is 0 Å². The van der Waals surface area contributed by atoms with E-state index in [1.165, 1.54) is 34.8 Å². The van der Waals surface area contributed by atoms with Crippen molar-refractivity contribution < 1.29 is 13.2 Å². The molecule has 1 aliphatic heterocycles. The fourth-order valence-corrected chi connectivity index (χ4v) is 3.30. The van der Waals surface area contributed by atoms with E-state index in [0.717, 1.165) is 5.56 Å². The molecule has 0 unspecified atom stereocenters. The van der Waals surface area contributed by atoms with Gasteiger partial charge >= 0.3 is 0 Å². The predicted molar refractivity (Wildman–Crippen MR) is 107 cm³/mol. The van der Waals surface area contributed by atoms with Crippen molar-refractivity contribution in [3.8, 4) is 0 Å². The monoisotopic (exact) mass is 383 g/mol. The largest absolute Gasteiger partial charge is 0.280 e. The molecule has 7 heteroatoms. The van der Waals surface area contributed by atoms with E-state index < -0.39 is 10.0 Å². The fourth-order valence-electron chi connectivity index (χ4n) is 2.78. The lowest BCUT2D eigenvalue weighted by Gasteiger charge is -2.12. The molecular weight excluding hydrogens is 362 g/mol. The van der Waals surface area contributed by atoms with Gasteiger partial charge in [0.05, 0.1) is 21.9 Å². The molecule has 3 rings (SSSR count). The van der Waals surface area contributed by atoms with Crippen LogP contribution in [0.1, 0.15) is 37.8 Å². The number of benzene rings is 2. The first-order valence-corrected chi connectivity index (χ1v) is 10.1. The number of hydrogen-bond acceptors (Lipinski definition) is 4. The number of nitrogens with zero attached hydrogens (tertiary/aromatic N) is 2. The molecule has 140 valence electrons. The maximum Gasteiger partial charge on any atom is 0.280 e. The van der Waals surface area contributed by atoms with E-state index in [1.807, 2.05) is 30.3 Å². The van der Waals surface area contributed by atoms with Gasteiger partial charge in [0.1, 0.15) is 0 Å². The van der Waals surface area contributed by atoms with Crippen molar-refractivity contribution in [3.63, 3.8) is 0 Å². The lowest BCUT2D eigenvalue weighted by Crippen LogP contribution is -2.21. The Morgan fingerprint density at radius 3 is 2.15 bits per heavy atom. The summed E-state index contributed by atoms with van der Waals surface area (Å²) in [7, 11) is -3.78. The van der Waals surface area contributed by atoms with Crippen LogP contribution < -0.4 is 10.1 Å². The molecule has 0 saturated carbocycles. The quantitative estimate of drug-likeness (QED) is 0.821. The zero-order chi connectivity index (χ0) is 19.8. The molecule has 1 aliphatic rings. The predicted octanol–water partition coefficient (Wildman–Crippen LogP) is 3.26. The van der Waals surface area contributed by atoms with Gasteiger partial charge in [-0.3, -0.25) is 4.79 Å². The summed E-state index contributed by atoms with van der Waals surface area (Å²) < 4.78 is 22.7. The molecule has 0 aliphatic carbocycles. The third-order valence-electron chi connectivity index (χ3n) is 4.39. The van der Waals surface area contributed by atoms with Gasteiger partial charge in [-0.15, -0.1) is 0 Å². The van der Waals surface area contributed by atoms with E-state index in [4.69, 9.17) is 5.14 Å². The molecular formula is C20H21N3O3S. The van der Waals surface area contributed by atoms with Gasteiger partial charge in [0.15, 0.2) is 0 Å². The number of hydrogen-bond donors (Lipinski definition) is 1. The van der Waals surface area contributed by atoms with Gasteiger partial charge in [-0.1, -0.05) is 38.1 Å². The van der Waals surface area contributed by atoms with Crippen molar-refractivity contribution in [2.75, 3.05) is 5.01 Å². The standard InChI is InChI=1S/C20H21N3O3S/c1-13(2)16-6-4-15(5-7-16)12-19-14(3)22-23(20(19)24)17-8-10-18(11-9-17)27(21,25)26/h4-13H,1-3H3,(H2,21,25,26)/b19-12-. The Balaban J connectivity index is 1.87. The molecule has 1 heterocycles. The van der Waals surface area contributed by atoms with Gasteiger partial charge in [0.2, 0.25) is 10.0 Å². The van der Waals surface area contributed by atoms with Gasteiger partial charge in [-0.2, -0.15) is 10.1 Å². The molecule has 0 radical (unpaired) electrons. The lowest BCUT2D eigenvalue weighted by molar-refractivity contribution is -0.114. The summed E-state index contributed by atoms with van der Waals surface area (Å²) in [6.45, 7) is 6.03. The maximum atomic E-state index is 12.8. The summed E-state index contributed by atoms with van der Waals surface area (Å²) in [5.41, 5.74) is 3.73. The number of amides is 1. The van der Waals surface area contributed by atoms with E-state index in [-0.39, 0.29) is 10.8 Å². The SMILES string of the molecule is CC1=NN(c2ccc(S(N)(=O)=O)cc2)C(=O)/C1=C\c1ccc(C(C)C)cc1. The van der Waals surface area contributed by atoms with E-state index in [1.54, 1.807) is 6.92 Å². The molecule has 27 heavy (non-hydrogen) atoms. The first-order valence-electron chi connectivity index (χ1n) is 8.51. The van der Waals surface area contributed by atoms with Crippen LogP contribution in [0.5, 0.6) is 0 Å². The van der Waals surface area contributed by atoms with Crippen LogP contribution in [0.25, 0.3) is 6.08 Å². The molecule has 0 aromatic heterocycles. The summed E-state index contributed by atoms with van der Waals surface area (Å²) in [5, 5.41) is 10.7. The molecule has 0 atom stereocenters. The first kappa shape index (κ1) is 19.0.